The highest BCUT2D eigenvalue weighted by Gasteiger charge is 2.23. The number of hydrogen-bond donors (Lipinski definition) is 1. The molecule has 0 spiro atoms. The third kappa shape index (κ3) is 5.82. The molecular weight excluding hydrogens is 286 g/mol. The van der Waals surface area contributed by atoms with E-state index >= 15 is 0 Å². The van der Waals surface area contributed by atoms with E-state index in [4.69, 9.17) is 4.74 Å². The predicted molar refractivity (Wildman–Crippen MR) is 96.0 cm³/mol. The molecule has 3 nitrogen and oxygen atoms in total. The molecule has 3 atom stereocenters. The van der Waals surface area contributed by atoms with E-state index in [1.165, 1.54) is 12.0 Å². The van der Waals surface area contributed by atoms with Crippen LogP contribution in [0.3, 0.4) is 0 Å². The molecule has 0 amide bonds. The number of rotatable bonds is 5. The number of piperidine rings is 1. The molecule has 23 heavy (non-hydrogen) atoms. The van der Waals surface area contributed by atoms with E-state index < -0.39 is 6.10 Å². The maximum absolute atomic E-state index is 10.3. The van der Waals surface area contributed by atoms with Crippen LogP contribution in [0.4, 0.5) is 0 Å². The first-order chi connectivity index (χ1) is 10.7. The lowest BCUT2D eigenvalue weighted by Crippen LogP contribution is -2.44. The van der Waals surface area contributed by atoms with Crippen LogP contribution >= 0.6 is 0 Å². The lowest BCUT2D eigenvalue weighted by atomic mass is 9.87. The molecule has 1 saturated heterocycles. The molecule has 0 radical (unpaired) electrons. The van der Waals surface area contributed by atoms with Crippen LogP contribution in [0.15, 0.2) is 24.3 Å². The molecule has 1 N–H and O–H groups in total. The van der Waals surface area contributed by atoms with Crippen molar-refractivity contribution < 1.29 is 9.84 Å². The molecule has 130 valence electrons. The maximum Gasteiger partial charge on any atom is 0.119 e. The topological polar surface area (TPSA) is 32.7 Å². The van der Waals surface area contributed by atoms with Crippen LogP contribution in [0, 0.1) is 11.8 Å². The highest BCUT2D eigenvalue weighted by Crippen LogP contribution is 2.24. The molecule has 0 unspecified atom stereocenters. The summed E-state index contributed by atoms with van der Waals surface area (Å²) in [4.78, 5) is 2.37. The van der Waals surface area contributed by atoms with Crippen LogP contribution in [-0.4, -0.2) is 42.4 Å². The summed E-state index contributed by atoms with van der Waals surface area (Å²) < 4.78 is 5.75. The summed E-state index contributed by atoms with van der Waals surface area (Å²) in [5.41, 5.74) is 1.45. The van der Waals surface area contributed by atoms with Crippen molar-refractivity contribution in [2.75, 3.05) is 26.2 Å². The smallest absolute Gasteiger partial charge is 0.119 e. The normalized spacial score (nSPS) is 24.4. The molecule has 1 aliphatic rings. The number of nitrogens with zero attached hydrogens (tertiary/aromatic N) is 1. The van der Waals surface area contributed by atoms with E-state index in [9.17, 15) is 5.11 Å². The summed E-state index contributed by atoms with van der Waals surface area (Å²) >= 11 is 0. The van der Waals surface area contributed by atoms with Crippen LogP contribution < -0.4 is 4.74 Å². The fourth-order valence-corrected chi connectivity index (χ4v) is 3.54. The Bertz CT molecular complexity index is 467. The summed E-state index contributed by atoms with van der Waals surface area (Å²) in [6.07, 6.45) is 0.859. The van der Waals surface area contributed by atoms with Gasteiger partial charge in [0, 0.05) is 19.6 Å². The molecule has 2 rings (SSSR count). The number of β-amino-alcohol motifs (C(OH)–C–C–N with tert-alkyl or cyclic N) is 1. The first kappa shape index (κ1) is 18.3. The van der Waals surface area contributed by atoms with Gasteiger partial charge in [-0.3, -0.25) is 0 Å². The van der Waals surface area contributed by atoms with Gasteiger partial charge in [0.25, 0.3) is 0 Å². The van der Waals surface area contributed by atoms with Crippen LogP contribution in [-0.2, 0) is 5.41 Å². The summed E-state index contributed by atoms with van der Waals surface area (Å²) in [7, 11) is 0. The minimum absolute atomic E-state index is 0.152. The van der Waals surface area contributed by atoms with E-state index in [1.54, 1.807) is 0 Å². The van der Waals surface area contributed by atoms with Crippen molar-refractivity contribution in [2.24, 2.45) is 11.8 Å². The van der Waals surface area contributed by atoms with Crippen molar-refractivity contribution in [3.05, 3.63) is 29.8 Å². The summed E-state index contributed by atoms with van der Waals surface area (Å²) in [5.74, 6) is 2.27. The molecule has 1 aliphatic heterocycles. The number of aliphatic hydroxyl groups excluding tert-OH is 1. The first-order valence-corrected chi connectivity index (χ1v) is 8.88. The van der Waals surface area contributed by atoms with Gasteiger partial charge in [0.15, 0.2) is 0 Å². The highest BCUT2D eigenvalue weighted by atomic mass is 16.5. The van der Waals surface area contributed by atoms with Gasteiger partial charge < -0.3 is 14.7 Å². The molecule has 1 fully saturated rings. The maximum atomic E-state index is 10.3. The Labute approximate surface area is 141 Å². The summed E-state index contributed by atoms with van der Waals surface area (Å²) in [6.45, 7) is 14.4. The van der Waals surface area contributed by atoms with Gasteiger partial charge in [-0.1, -0.05) is 46.8 Å². The average molecular weight is 319 g/mol. The monoisotopic (exact) mass is 319 g/mol. The van der Waals surface area contributed by atoms with Crippen molar-refractivity contribution in [2.45, 2.75) is 52.6 Å². The van der Waals surface area contributed by atoms with E-state index in [2.05, 4.69) is 51.7 Å². The Morgan fingerprint density at radius 2 is 1.70 bits per heavy atom. The van der Waals surface area contributed by atoms with Crippen molar-refractivity contribution in [3.8, 4) is 5.75 Å². The largest absolute Gasteiger partial charge is 0.491 e. The average Bonchev–Trinajstić information content (AvgIpc) is 2.43. The quantitative estimate of drug-likeness (QED) is 0.898. The lowest BCUT2D eigenvalue weighted by Gasteiger charge is -2.35. The van der Waals surface area contributed by atoms with Crippen LogP contribution in [0.5, 0.6) is 5.75 Å². The Kier molecular flexibility index (Phi) is 6.10. The molecule has 1 heterocycles. The van der Waals surface area contributed by atoms with Gasteiger partial charge in [0.1, 0.15) is 18.5 Å². The molecule has 0 aromatic heterocycles. The van der Waals surface area contributed by atoms with E-state index in [1.807, 2.05) is 12.1 Å². The number of hydrogen-bond acceptors (Lipinski definition) is 3. The second-order valence-corrected chi connectivity index (χ2v) is 8.40. The number of benzene rings is 1. The van der Waals surface area contributed by atoms with E-state index in [0.717, 1.165) is 30.7 Å². The van der Waals surface area contributed by atoms with Crippen LogP contribution in [0.1, 0.15) is 46.6 Å². The Morgan fingerprint density at radius 1 is 1.13 bits per heavy atom. The molecule has 1 aromatic carbocycles. The number of ether oxygens (including phenoxy) is 1. The van der Waals surface area contributed by atoms with Gasteiger partial charge in [0.2, 0.25) is 0 Å². The van der Waals surface area contributed by atoms with E-state index in [0.29, 0.717) is 13.2 Å². The number of likely N-dealkylation sites (tertiary alicyclic amines) is 1. The van der Waals surface area contributed by atoms with Gasteiger partial charge in [-0.2, -0.15) is 0 Å². The molecule has 3 heteroatoms. The Balaban J connectivity index is 1.79. The first-order valence-electron chi connectivity index (χ1n) is 8.88. The molecule has 0 saturated carbocycles. The fourth-order valence-electron chi connectivity index (χ4n) is 3.54. The molecule has 0 bridgehead atoms. The lowest BCUT2D eigenvalue weighted by molar-refractivity contribution is 0.0429. The van der Waals surface area contributed by atoms with Gasteiger partial charge >= 0.3 is 0 Å². The molecule has 0 aliphatic carbocycles. The van der Waals surface area contributed by atoms with Crippen molar-refractivity contribution >= 4 is 0 Å². The van der Waals surface area contributed by atoms with Crippen LogP contribution in [0.25, 0.3) is 0 Å². The van der Waals surface area contributed by atoms with Crippen LogP contribution in [0.2, 0.25) is 0 Å². The second kappa shape index (κ2) is 7.67. The Hall–Kier alpha value is -1.06. The minimum Gasteiger partial charge on any atom is -0.491 e. The van der Waals surface area contributed by atoms with Gasteiger partial charge in [0.05, 0.1) is 0 Å². The van der Waals surface area contributed by atoms with Gasteiger partial charge in [-0.25, -0.2) is 0 Å². The second-order valence-electron chi connectivity index (χ2n) is 8.40. The SMILES string of the molecule is C[C@@H]1C[C@H](C)CN(C[C@H](O)COc2ccc(C(C)(C)C)cc2)C1. The highest BCUT2D eigenvalue weighted by molar-refractivity contribution is 5.31. The minimum atomic E-state index is -0.435. The standard InChI is InChI=1S/C20H33NO2/c1-15-10-16(2)12-21(11-15)13-18(22)14-23-19-8-6-17(7-9-19)20(3,4)5/h6-9,15-16,18,22H,10-14H2,1-5H3/t15-,16+,18-/m0/s1. The van der Waals surface area contributed by atoms with E-state index in [-0.39, 0.29) is 5.41 Å². The van der Waals surface area contributed by atoms with Crippen molar-refractivity contribution in [1.29, 1.82) is 0 Å². The van der Waals surface area contributed by atoms with Gasteiger partial charge in [-0.15, -0.1) is 0 Å². The zero-order valence-corrected chi connectivity index (χ0v) is 15.4. The van der Waals surface area contributed by atoms with Crippen molar-refractivity contribution in [3.63, 3.8) is 0 Å². The van der Waals surface area contributed by atoms with Crippen molar-refractivity contribution in [1.82, 2.24) is 4.90 Å². The summed E-state index contributed by atoms with van der Waals surface area (Å²) in [6, 6.07) is 8.21. The fraction of sp³-hybridized carbons (Fsp3) is 0.700. The zero-order chi connectivity index (χ0) is 17.0. The number of aliphatic hydroxyl groups is 1. The third-order valence-electron chi connectivity index (χ3n) is 4.58. The molecular formula is C20H33NO2. The zero-order valence-electron chi connectivity index (χ0n) is 15.4. The third-order valence-corrected chi connectivity index (χ3v) is 4.58. The Morgan fingerprint density at radius 3 is 2.22 bits per heavy atom. The van der Waals surface area contributed by atoms with Gasteiger partial charge in [-0.05, 0) is 41.4 Å². The summed E-state index contributed by atoms with van der Waals surface area (Å²) in [5, 5.41) is 10.3. The molecule has 1 aromatic rings. The predicted octanol–water partition coefficient (Wildman–Crippen LogP) is 3.70.